The van der Waals surface area contributed by atoms with Crippen molar-refractivity contribution in [1.82, 2.24) is 5.32 Å². The molecule has 1 aliphatic rings. The first kappa shape index (κ1) is 78.6. The molecule has 482 valence electrons. The Morgan fingerprint density at radius 2 is 0.847 bits per heavy atom. The van der Waals surface area contributed by atoms with Crippen LogP contribution in [0.3, 0.4) is 0 Å². The minimum Gasteiger partial charge on any atom is -0.454 e. The fourth-order valence-electron chi connectivity index (χ4n) is 9.51. The van der Waals surface area contributed by atoms with Gasteiger partial charge in [0.1, 0.15) is 24.4 Å². The van der Waals surface area contributed by atoms with E-state index in [0.717, 1.165) is 128 Å². The Morgan fingerprint density at radius 3 is 1.27 bits per heavy atom. The van der Waals surface area contributed by atoms with Gasteiger partial charge in [0, 0.05) is 6.42 Å². The largest absolute Gasteiger partial charge is 0.454 e. The van der Waals surface area contributed by atoms with E-state index >= 15 is 0 Å². The Bertz CT molecular complexity index is 1940. The van der Waals surface area contributed by atoms with Crippen LogP contribution in [0.2, 0.25) is 0 Å². The van der Waals surface area contributed by atoms with Gasteiger partial charge in [0.05, 0.1) is 25.4 Å². The number of aliphatic hydroxyl groups excluding tert-OH is 5. The molecule has 1 heterocycles. The molecule has 1 saturated heterocycles. The number of unbranched alkanes of at least 4 members (excludes halogenated alkanes) is 19. The molecule has 11 nitrogen and oxygen atoms in total. The van der Waals surface area contributed by atoms with Gasteiger partial charge in [-0.15, -0.1) is 0 Å². The normalized spacial score (nSPS) is 19.4. The minimum atomic E-state index is -1.64. The van der Waals surface area contributed by atoms with Crippen LogP contribution in [0.25, 0.3) is 0 Å². The van der Waals surface area contributed by atoms with Gasteiger partial charge in [0.25, 0.3) is 0 Å². The predicted octanol–water partition coefficient (Wildman–Crippen LogP) is 16.9. The standard InChI is InChI=1S/C74H121NO10/c1-4-7-10-13-16-19-22-25-27-29-30-31-32-33-34-35-36-37-38-39-41-44-47-50-53-56-59-62-69(79)85-72-71(81)70(80)68(63-76)84-74(72)83-64-65(66(77)60-57-54-51-48-45-42-24-21-18-15-12-9-6-3)75-73(82)67(78)61-58-55-52-49-46-43-40-28-26-23-20-17-14-11-8-5-2/h7-8,10-11,16-17,19-20,25-28,30-31,33-34,36-37,43,46,52,55,57,60,65-68,70-72,74,76-78,80-81H,4-6,9,12-15,18,21-24,29,32,35,38-42,44-45,47-51,53-54,56,58-59,61-64H2,1-3H3,(H,75,82)/b10-7-,11-8-,19-16-,20-17-,27-25-,28-26-,31-30-,34-33-,37-36-,46-43-,55-52-,60-57+. The number of rotatable bonds is 55. The molecule has 0 aromatic heterocycles. The monoisotopic (exact) mass is 1180 g/mol. The van der Waals surface area contributed by atoms with Gasteiger partial charge in [-0.05, 0) is 116 Å². The Labute approximate surface area is 517 Å². The zero-order valence-corrected chi connectivity index (χ0v) is 53.4. The van der Waals surface area contributed by atoms with Crippen LogP contribution in [0.1, 0.15) is 245 Å². The van der Waals surface area contributed by atoms with Crippen LogP contribution in [-0.4, -0.2) is 99.6 Å². The van der Waals surface area contributed by atoms with Gasteiger partial charge in [-0.3, -0.25) is 9.59 Å². The number of carbonyl (C=O) groups excluding carboxylic acids is 2. The maximum Gasteiger partial charge on any atom is 0.306 e. The molecule has 8 atom stereocenters. The van der Waals surface area contributed by atoms with E-state index in [4.69, 9.17) is 14.2 Å². The Kier molecular flexibility index (Phi) is 55.3. The van der Waals surface area contributed by atoms with Crippen LogP contribution in [0, 0.1) is 0 Å². The molecule has 0 aliphatic carbocycles. The predicted molar refractivity (Wildman–Crippen MR) is 356 cm³/mol. The number of hydrogen-bond acceptors (Lipinski definition) is 10. The average molecular weight is 1180 g/mol. The molecule has 0 bridgehead atoms. The highest BCUT2D eigenvalue weighted by molar-refractivity contribution is 5.80. The molecule has 8 unspecified atom stereocenters. The van der Waals surface area contributed by atoms with Crippen LogP contribution >= 0.6 is 0 Å². The number of aliphatic hydroxyl groups is 5. The number of esters is 1. The first-order valence-corrected chi connectivity index (χ1v) is 33.6. The zero-order valence-electron chi connectivity index (χ0n) is 53.4. The third-order valence-electron chi connectivity index (χ3n) is 14.7. The van der Waals surface area contributed by atoms with Crippen LogP contribution in [0.5, 0.6) is 0 Å². The summed E-state index contributed by atoms with van der Waals surface area (Å²) in [5.74, 6) is -1.27. The maximum atomic E-state index is 13.4. The van der Waals surface area contributed by atoms with E-state index in [1.54, 1.807) is 6.08 Å². The molecule has 6 N–H and O–H groups in total. The summed E-state index contributed by atoms with van der Waals surface area (Å²) >= 11 is 0. The molecule has 0 aromatic rings. The smallest absolute Gasteiger partial charge is 0.306 e. The summed E-state index contributed by atoms with van der Waals surface area (Å²) < 4.78 is 17.6. The first-order chi connectivity index (χ1) is 41.7. The molecular formula is C74H121NO10. The fourth-order valence-corrected chi connectivity index (χ4v) is 9.51. The van der Waals surface area contributed by atoms with E-state index in [1.165, 1.54) is 70.6 Å². The lowest BCUT2D eigenvalue weighted by Crippen LogP contribution is -2.61. The van der Waals surface area contributed by atoms with E-state index < -0.39 is 67.4 Å². The van der Waals surface area contributed by atoms with Crippen molar-refractivity contribution in [2.75, 3.05) is 13.2 Å². The maximum absolute atomic E-state index is 13.4. The van der Waals surface area contributed by atoms with Crippen molar-refractivity contribution in [3.8, 4) is 0 Å². The van der Waals surface area contributed by atoms with E-state index in [2.05, 4.69) is 148 Å². The molecule has 85 heavy (non-hydrogen) atoms. The van der Waals surface area contributed by atoms with E-state index in [9.17, 15) is 35.1 Å². The van der Waals surface area contributed by atoms with Crippen LogP contribution in [-0.2, 0) is 23.8 Å². The molecule has 1 fully saturated rings. The highest BCUT2D eigenvalue weighted by atomic mass is 16.7. The second-order valence-electron chi connectivity index (χ2n) is 22.4. The van der Waals surface area contributed by atoms with Crippen LogP contribution in [0.15, 0.2) is 146 Å². The van der Waals surface area contributed by atoms with Gasteiger partial charge in [-0.1, -0.05) is 269 Å². The Hall–Kier alpha value is -4.46. The van der Waals surface area contributed by atoms with E-state index in [0.29, 0.717) is 12.8 Å². The number of hydrogen-bond donors (Lipinski definition) is 6. The quantitative estimate of drug-likeness (QED) is 0.0195. The number of ether oxygens (including phenoxy) is 3. The van der Waals surface area contributed by atoms with Crippen LogP contribution in [0.4, 0.5) is 0 Å². The molecule has 0 radical (unpaired) electrons. The van der Waals surface area contributed by atoms with Crippen LogP contribution < -0.4 is 5.32 Å². The minimum absolute atomic E-state index is 0.0975. The first-order valence-electron chi connectivity index (χ1n) is 33.6. The third kappa shape index (κ3) is 47.3. The molecular weight excluding hydrogens is 1060 g/mol. The molecule has 11 heteroatoms. The highest BCUT2D eigenvalue weighted by Crippen LogP contribution is 2.26. The molecule has 1 amide bonds. The second kappa shape index (κ2) is 59.9. The summed E-state index contributed by atoms with van der Waals surface area (Å²) in [6.45, 7) is 5.52. The summed E-state index contributed by atoms with van der Waals surface area (Å²) in [6, 6.07) is -1.07. The summed E-state index contributed by atoms with van der Waals surface area (Å²) in [5, 5.41) is 57.0. The topological polar surface area (TPSA) is 175 Å². The number of allylic oxidation sites excluding steroid dienone is 23. The summed E-state index contributed by atoms with van der Waals surface area (Å²) in [6.07, 6.45) is 76.0. The van der Waals surface area contributed by atoms with Crippen molar-refractivity contribution in [2.45, 2.75) is 294 Å². The van der Waals surface area contributed by atoms with Gasteiger partial charge in [0.15, 0.2) is 12.4 Å². The summed E-state index contributed by atoms with van der Waals surface area (Å²) in [7, 11) is 0. The van der Waals surface area contributed by atoms with Gasteiger partial charge >= 0.3 is 5.97 Å². The van der Waals surface area contributed by atoms with Crippen molar-refractivity contribution in [2.24, 2.45) is 0 Å². The second-order valence-corrected chi connectivity index (χ2v) is 22.4. The number of amides is 1. The van der Waals surface area contributed by atoms with Gasteiger partial charge in [0.2, 0.25) is 5.91 Å². The molecule has 1 aliphatic heterocycles. The lowest BCUT2D eigenvalue weighted by atomic mass is 9.99. The lowest BCUT2D eigenvalue weighted by molar-refractivity contribution is -0.305. The van der Waals surface area contributed by atoms with Crippen molar-refractivity contribution in [3.05, 3.63) is 146 Å². The van der Waals surface area contributed by atoms with E-state index in [-0.39, 0.29) is 19.4 Å². The molecule has 0 saturated carbocycles. The molecule has 0 aromatic carbocycles. The van der Waals surface area contributed by atoms with Gasteiger partial charge in [-0.25, -0.2) is 0 Å². The average Bonchev–Trinajstić information content (AvgIpc) is 2.50. The van der Waals surface area contributed by atoms with Crippen molar-refractivity contribution < 1.29 is 49.3 Å². The molecule has 1 rings (SSSR count). The highest BCUT2D eigenvalue weighted by Gasteiger charge is 2.47. The lowest BCUT2D eigenvalue weighted by Gasteiger charge is -2.41. The molecule has 0 spiro atoms. The Balaban J connectivity index is 2.64. The van der Waals surface area contributed by atoms with Gasteiger partial charge in [-0.2, -0.15) is 0 Å². The SMILES string of the molecule is CC/C=C\C/C=C\C/C=C\C/C=C\C/C=C\C/C=C\CCCCCCCCCCC(=O)OC1C(OCC(NC(=O)C(O)CC/C=C\C/C=C\C/C=C\C/C=C\C/C=C\CC)C(O)/C=C/CCCCCCCCCCCCC)OC(CO)C(O)C1O. The van der Waals surface area contributed by atoms with E-state index in [1.807, 2.05) is 18.2 Å². The Morgan fingerprint density at radius 1 is 0.471 bits per heavy atom. The van der Waals surface area contributed by atoms with Crippen molar-refractivity contribution >= 4 is 11.9 Å². The third-order valence-corrected chi connectivity index (χ3v) is 14.7. The fraction of sp³-hybridized carbons (Fsp3) is 0.649. The van der Waals surface area contributed by atoms with Gasteiger partial charge < -0.3 is 45.1 Å². The zero-order chi connectivity index (χ0) is 61.7. The number of nitrogens with one attached hydrogen (secondary N) is 1. The van der Waals surface area contributed by atoms with Crippen molar-refractivity contribution in [1.29, 1.82) is 0 Å². The number of carbonyl (C=O) groups is 2. The van der Waals surface area contributed by atoms with Crippen molar-refractivity contribution in [3.63, 3.8) is 0 Å². The summed E-state index contributed by atoms with van der Waals surface area (Å²) in [4.78, 5) is 26.6. The summed E-state index contributed by atoms with van der Waals surface area (Å²) in [5.41, 5.74) is 0.